The van der Waals surface area contributed by atoms with E-state index in [1.807, 2.05) is 81.5 Å². The Hall–Kier alpha value is -6.00. The van der Waals surface area contributed by atoms with Gasteiger partial charge in [0, 0.05) is 12.5 Å². The maximum absolute atomic E-state index is 11.6. The molecule has 6 rings (SSSR count). The van der Waals surface area contributed by atoms with E-state index in [1.54, 1.807) is 6.08 Å². The molecule has 5 aromatic rings. The Morgan fingerprint density at radius 2 is 1.19 bits per heavy atom. The van der Waals surface area contributed by atoms with E-state index in [2.05, 4.69) is 153 Å². The minimum Gasteiger partial charge on any atom is -0.516 e. The van der Waals surface area contributed by atoms with Gasteiger partial charge >= 0.3 is 0 Å². The van der Waals surface area contributed by atoms with E-state index >= 15 is 0 Å². The number of allylic oxidation sites excluding steroid dienone is 11. The van der Waals surface area contributed by atoms with Crippen LogP contribution in [0.2, 0.25) is 0 Å². The Morgan fingerprint density at radius 3 is 1.79 bits per heavy atom. The fraction of sp³-hybridized carbons (Fsp3) is 0.254. The molecule has 3 heteroatoms. The Morgan fingerprint density at radius 1 is 0.645 bits per heavy atom. The van der Waals surface area contributed by atoms with Crippen molar-refractivity contribution in [1.29, 1.82) is 0 Å². The molecule has 0 fully saturated rings. The van der Waals surface area contributed by atoms with E-state index in [0.29, 0.717) is 11.8 Å². The van der Waals surface area contributed by atoms with Gasteiger partial charge in [0.15, 0.2) is 0 Å². The number of aliphatic hydroxyl groups is 3. The zero-order valence-electron chi connectivity index (χ0n) is 37.5. The quantitative estimate of drug-likeness (QED) is 0.0528. The summed E-state index contributed by atoms with van der Waals surface area (Å²) >= 11 is 0. The second-order valence-corrected chi connectivity index (χ2v) is 15.5. The van der Waals surface area contributed by atoms with Crippen molar-refractivity contribution in [2.24, 2.45) is 17.8 Å². The van der Waals surface area contributed by atoms with Crippen LogP contribution in [0.25, 0.3) is 0 Å². The standard InChI is InChI=1S/C56H58O2.C2H6.CH4O/c1-3-19-49(55(58)50-25-15-9-16-26-50)27-18-40-56(53-35-29-45(30-36-53)20-10-5-4-6-17-41-57,54-37-31-48(32-38-54)42-46-21-11-7-12-22-46)52-34-28-44(2)51(33-39-52)43-47-23-13-8-14-24-47;2*1-2/h3-19,21-27,29-33,35-41,44,51-52,55,57-58H,20,28,34,42-43H2,1-2H3;1-2H3;2H,1H3/b6-4-,10-5+,19-3-,40-18+,41-17-,49-27+;;. The van der Waals surface area contributed by atoms with E-state index in [0.717, 1.165) is 56.6 Å². The van der Waals surface area contributed by atoms with Crippen LogP contribution in [0.1, 0.15) is 85.6 Å². The van der Waals surface area contributed by atoms with Crippen molar-refractivity contribution < 1.29 is 15.3 Å². The molecule has 322 valence electrons. The molecule has 5 atom stereocenters. The monoisotopic (exact) mass is 825 g/mol. The van der Waals surface area contributed by atoms with Crippen molar-refractivity contribution in [3.8, 4) is 0 Å². The van der Waals surface area contributed by atoms with Crippen LogP contribution in [-0.4, -0.2) is 22.4 Å². The van der Waals surface area contributed by atoms with Crippen LogP contribution in [0.3, 0.4) is 0 Å². The van der Waals surface area contributed by atoms with E-state index in [4.69, 9.17) is 10.2 Å². The minimum atomic E-state index is -0.743. The molecule has 0 aliphatic heterocycles. The molecule has 0 radical (unpaired) electrons. The lowest BCUT2D eigenvalue weighted by Gasteiger charge is -2.39. The third kappa shape index (κ3) is 14.0. The average molecular weight is 825 g/mol. The highest BCUT2D eigenvalue weighted by atomic mass is 16.3. The van der Waals surface area contributed by atoms with Crippen molar-refractivity contribution in [2.45, 2.75) is 71.3 Å². The molecule has 5 aromatic carbocycles. The van der Waals surface area contributed by atoms with Crippen LogP contribution < -0.4 is 0 Å². The lowest BCUT2D eigenvalue weighted by atomic mass is 9.64. The minimum absolute atomic E-state index is 0.181. The summed E-state index contributed by atoms with van der Waals surface area (Å²) in [5, 5.41) is 27.5. The summed E-state index contributed by atoms with van der Waals surface area (Å²) < 4.78 is 0. The van der Waals surface area contributed by atoms with E-state index in [9.17, 15) is 5.11 Å². The topological polar surface area (TPSA) is 60.7 Å². The van der Waals surface area contributed by atoms with Gasteiger partial charge in [-0.25, -0.2) is 0 Å². The molecular weight excluding hydrogens is 757 g/mol. The Kier molecular flexibility index (Phi) is 21.2. The maximum atomic E-state index is 11.6. The number of rotatable bonds is 16. The summed E-state index contributed by atoms with van der Waals surface area (Å²) in [6.07, 6.45) is 30.4. The van der Waals surface area contributed by atoms with Crippen molar-refractivity contribution in [2.75, 3.05) is 7.11 Å². The molecule has 0 aromatic heterocycles. The molecule has 0 bridgehead atoms. The number of benzene rings is 5. The molecule has 0 saturated heterocycles. The summed E-state index contributed by atoms with van der Waals surface area (Å²) in [5.74, 6) is 1.16. The Labute approximate surface area is 373 Å². The molecule has 1 aliphatic carbocycles. The predicted molar refractivity (Wildman–Crippen MR) is 264 cm³/mol. The van der Waals surface area contributed by atoms with Gasteiger partial charge in [0.2, 0.25) is 0 Å². The highest BCUT2D eigenvalue weighted by Gasteiger charge is 2.40. The second kappa shape index (κ2) is 27.1. The number of hydrogen-bond acceptors (Lipinski definition) is 3. The highest BCUT2D eigenvalue weighted by molar-refractivity contribution is 5.50. The van der Waals surface area contributed by atoms with E-state index < -0.39 is 11.5 Å². The number of aliphatic hydroxyl groups excluding tert-OH is 3. The van der Waals surface area contributed by atoms with Crippen LogP contribution in [0.4, 0.5) is 0 Å². The van der Waals surface area contributed by atoms with Crippen LogP contribution in [0.5, 0.6) is 0 Å². The first-order valence-electron chi connectivity index (χ1n) is 22.3. The first-order chi connectivity index (χ1) is 30.5. The first-order valence-corrected chi connectivity index (χ1v) is 22.3. The average Bonchev–Trinajstić information content (AvgIpc) is 3.51. The third-order valence-electron chi connectivity index (χ3n) is 11.6. The molecule has 0 saturated carbocycles. The third-order valence-corrected chi connectivity index (χ3v) is 11.6. The fourth-order valence-electron chi connectivity index (χ4n) is 8.34. The first kappa shape index (κ1) is 48.7. The van der Waals surface area contributed by atoms with Gasteiger partial charge in [-0.05, 0) is 107 Å². The van der Waals surface area contributed by atoms with Crippen LogP contribution in [-0.2, 0) is 24.7 Å². The molecule has 3 nitrogen and oxygen atoms in total. The molecule has 5 unspecified atom stereocenters. The van der Waals surface area contributed by atoms with Crippen LogP contribution >= 0.6 is 0 Å². The zero-order valence-corrected chi connectivity index (χ0v) is 37.5. The normalized spacial score (nSPS) is 18.3. The van der Waals surface area contributed by atoms with Gasteiger partial charge in [-0.2, -0.15) is 0 Å². The molecule has 0 amide bonds. The largest absolute Gasteiger partial charge is 0.516 e. The summed E-state index contributed by atoms with van der Waals surface area (Å²) in [5.41, 5.74) is 8.92. The lowest BCUT2D eigenvalue weighted by Crippen LogP contribution is -2.34. The Bertz CT molecular complexity index is 2190. The van der Waals surface area contributed by atoms with Crippen molar-refractivity contribution in [1.82, 2.24) is 0 Å². The van der Waals surface area contributed by atoms with Gasteiger partial charge < -0.3 is 15.3 Å². The smallest absolute Gasteiger partial charge is 0.104 e. The maximum Gasteiger partial charge on any atom is 0.104 e. The van der Waals surface area contributed by atoms with Crippen LogP contribution in [0.15, 0.2) is 224 Å². The highest BCUT2D eigenvalue weighted by Crippen LogP contribution is 2.47. The summed E-state index contributed by atoms with van der Waals surface area (Å²) in [7, 11) is 1.00. The van der Waals surface area contributed by atoms with Gasteiger partial charge in [0.1, 0.15) is 6.10 Å². The molecule has 0 spiro atoms. The van der Waals surface area contributed by atoms with Gasteiger partial charge in [-0.15, -0.1) is 0 Å². The zero-order chi connectivity index (χ0) is 44.4. The van der Waals surface area contributed by atoms with Gasteiger partial charge in [0.05, 0.1) is 6.26 Å². The second-order valence-electron chi connectivity index (χ2n) is 15.5. The molecule has 3 N–H and O–H groups in total. The lowest BCUT2D eigenvalue weighted by molar-refractivity contribution is 0.219. The van der Waals surface area contributed by atoms with Crippen LogP contribution in [0, 0.1) is 17.8 Å². The fourth-order valence-corrected chi connectivity index (χ4v) is 8.34. The van der Waals surface area contributed by atoms with Crippen molar-refractivity contribution in [3.63, 3.8) is 0 Å². The summed E-state index contributed by atoms with van der Waals surface area (Å²) in [6, 6.07) is 50.0. The van der Waals surface area contributed by atoms with Gasteiger partial charge in [-0.3, -0.25) is 0 Å². The van der Waals surface area contributed by atoms with Crippen molar-refractivity contribution >= 4 is 0 Å². The van der Waals surface area contributed by atoms with E-state index in [1.165, 1.54) is 33.4 Å². The summed E-state index contributed by atoms with van der Waals surface area (Å²) in [6.45, 7) is 8.42. The van der Waals surface area contributed by atoms with Gasteiger partial charge in [0.25, 0.3) is 0 Å². The number of hydrogen-bond donors (Lipinski definition) is 3. The molecule has 0 heterocycles. The SMILES string of the molecule is CC.CO.C\C=C/C(=C\C=C\C(c1ccc(C/C=C/C=C\C=C/O)cc1)(c1ccc(Cc2ccccc2)cc1)C1C=CC(Cc2ccccc2)C(C)CC1)C(O)c1ccccc1. The molecule has 62 heavy (non-hydrogen) atoms. The summed E-state index contributed by atoms with van der Waals surface area (Å²) in [4.78, 5) is 0. The van der Waals surface area contributed by atoms with Gasteiger partial charge in [-0.1, -0.05) is 227 Å². The molecule has 1 aliphatic rings. The predicted octanol–water partition coefficient (Wildman–Crippen LogP) is 14.2. The Balaban J connectivity index is 0.00000205. The molecular formula is C59H68O3. The van der Waals surface area contributed by atoms with E-state index in [-0.39, 0.29) is 5.92 Å². The van der Waals surface area contributed by atoms with Crippen molar-refractivity contribution in [3.05, 3.63) is 263 Å².